The van der Waals surface area contributed by atoms with Crippen molar-refractivity contribution in [2.45, 2.75) is 38.5 Å². The van der Waals surface area contributed by atoms with Gasteiger partial charge in [0.25, 0.3) is 5.91 Å². The zero-order chi connectivity index (χ0) is 24.8. The predicted molar refractivity (Wildman–Crippen MR) is 139 cm³/mol. The van der Waals surface area contributed by atoms with E-state index >= 15 is 0 Å². The van der Waals surface area contributed by atoms with Crippen LogP contribution in [-0.2, 0) is 10.2 Å². The first-order valence-electron chi connectivity index (χ1n) is 11.8. The number of amides is 2. The van der Waals surface area contributed by atoms with Gasteiger partial charge in [-0.25, -0.2) is 0 Å². The topological polar surface area (TPSA) is 76.7 Å². The zero-order valence-electron chi connectivity index (χ0n) is 19.9. The van der Waals surface area contributed by atoms with E-state index in [1.807, 2.05) is 44.2 Å². The monoisotopic (exact) mass is 492 g/mol. The molecule has 1 fully saturated rings. The van der Waals surface area contributed by atoms with Crippen molar-refractivity contribution in [1.82, 2.24) is 0 Å². The zero-order valence-corrected chi connectivity index (χ0v) is 20.7. The Kier molecular flexibility index (Phi) is 7.61. The molecule has 1 aliphatic carbocycles. The van der Waals surface area contributed by atoms with Gasteiger partial charge in [-0.15, -0.1) is 0 Å². The van der Waals surface area contributed by atoms with E-state index in [4.69, 9.17) is 21.1 Å². The molecule has 7 heteroatoms. The van der Waals surface area contributed by atoms with Gasteiger partial charge in [0.1, 0.15) is 11.5 Å². The average Bonchev–Trinajstić information content (AvgIpc) is 2.83. The highest BCUT2D eigenvalue weighted by molar-refractivity contribution is 6.30. The molecule has 0 atom stereocenters. The normalized spacial score (nSPS) is 13.9. The lowest BCUT2D eigenvalue weighted by Gasteiger charge is -2.40. The number of anilines is 2. The molecule has 1 saturated carbocycles. The van der Waals surface area contributed by atoms with Crippen LogP contribution in [0.2, 0.25) is 5.02 Å². The van der Waals surface area contributed by atoms with Crippen LogP contribution in [0.15, 0.2) is 66.7 Å². The Morgan fingerprint density at radius 3 is 1.94 bits per heavy atom. The quantitative estimate of drug-likeness (QED) is 0.360. The van der Waals surface area contributed by atoms with E-state index in [0.717, 1.165) is 24.8 Å². The fourth-order valence-electron chi connectivity index (χ4n) is 4.28. The number of rotatable bonds is 9. The molecule has 6 nitrogen and oxygen atoms in total. The summed E-state index contributed by atoms with van der Waals surface area (Å²) >= 11 is 6.06. The first-order valence-corrected chi connectivity index (χ1v) is 12.2. The second kappa shape index (κ2) is 10.8. The standard InChI is InChI=1S/C28H29ClN2O4/c1-3-34-24-18-23(31-27(33)28(15-8-16-28)20-11-13-21(29)14-12-20)25(35-4-2)17-22(24)30-26(32)19-9-6-5-7-10-19/h5-7,9-14,17-18H,3-4,8,15-16H2,1-2H3,(H,30,32)(H,31,33). The van der Waals surface area contributed by atoms with Crippen molar-refractivity contribution < 1.29 is 19.1 Å². The van der Waals surface area contributed by atoms with E-state index in [2.05, 4.69) is 10.6 Å². The van der Waals surface area contributed by atoms with Gasteiger partial charge in [0.05, 0.1) is 30.0 Å². The van der Waals surface area contributed by atoms with Crippen molar-refractivity contribution in [1.29, 1.82) is 0 Å². The van der Waals surface area contributed by atoms with Crippen LogP contribution in [-0.4, -0.2) is 25.0 Å². The average molecular weight is 493 g/mol. The van der Waals surface area contributed by atoms with Gasteiger partial charge < -0.3 is 20.1 Å². The number of carbonyl (C=O) groups is 2. The fourth-order valence-corrected chi connectivity index (χ4v) is 4.40. The summed E-state index contributed by atoms with van der Waals surface area (Å²) in [5, 5.41) is 6.61. The highest BCUT2D eigenvalue weighted by atomic mass is 35.5. The highest BCUT2D eigenvalue weighted by Gasteiger charge is 2.45. The molecule has 0 saturated heterocycles. The summed E-state index contributed by atoms with van der Waals surface area (Å²) in [5.41, 5.74) is 1.83. The van der Waals surface area contributed by atoms with Crippen molar-refractivity contribution >= 4 is 34.8 Å². The number of carbonyl (C=O) groups excluding carboxylic acids is 2. The van der Waals surface area contributed by atoms with Crippen molar-refractivity contribution in [3.8, 4) is 11.5 Å². The van der Waals surface area contributed by atoms with E-state index < -0.39 is 5.41 Å². The third-order valence-electron chi connectivity index (χ3n) is 6.25. The number of benzene rings is 3. The molecule has 3 aromatic rings. The minimum Gasteiger partial charge on any atom is -0.492 e. The molecule has 2 amide bonds. The molecule has 0 heterocycles. The molecule has 35 heavy (non-hydrogen) atoms. The molecule has 182 valence electrons. The number of hydrogen-bond acceptors (Lipinski definition) is 4. The van der Waals surface area contributed by atoms with Crippen LogP contribution >= 0.6 is 11.6 Å². The van der Waals surface area contributed by atoms with Gasteiger partial charge in [-0.2, -0.15) is 0 Å². The van der Waals surface area contributed by atoms with Crippen molar-refractivity contribution in [2.75, 3.05) is 23.8 Å². The summed E-state index contributed by atoms with van der Waals surface area (Å²) in [6.07, 6.45) is 2.49. The van der Waals surface area contributed by atoms with Crippen LogP contribution < -0.4 is 20.1 Å². The fraction of sp³-hybridized carbons (Fsp3) is 0.286. The SMILES string of the molecule is CCOc1cc(NC(=O)C2(c3ccc(Cl)cc3)CCC2)c(OCC)cc1NC(=O)c1ccccc1. The highest BCUT2D eigenvalue weighted by Crippen LogP contribution is 2.46. The first-order chi connectivity index (χ1) is 17.0. The number of hydrogen-bond donors (Lipinski definition) is 2. The minimum atomic E-state index is -0.611. The van der Waals surface area contributed by atoms with Crippen LogP contribution in [0.25, 0.3) is 0 Å². The predicted octanol–water partition coefficient (Wildman–Crippen LogP) is 6.45. The molecular weight excluding hydrogens is 464 g/mol. The van der Waals surface area contributed by atoms with Gasteiger partial charge in [0.2, 0.25) is 5.91 Å². The van der Waals surface area contributed by atoms with E-state index in [9.17, 15) is 9.59 Å². The Balaban J connectivity index is 1.65. The van der Waals surface area contributed by atoms with Gasteiger partial charge >= 0.3 is 0 Å². The molecule has 0 radical (unpaired) electrons. The van der Waals surface area contributed by atoms with Gasteiger partial charge in [-0.3, -0.25) is 9.59 Å². The molecule has 0 unspecified atom stereocenters. The molecule has 4 rings (SSSR count). The molecule has 0 aromatic heterocycles. The van der Waals surface area contributed by atoms with Gasteiger partial charge in [0.15, 0.2) is 0 Å². The van der Waals surface area contributed by atoms with E-state index in [-0.39, 0.29) is 11.8 Å². The van der Waals surface area contributed by atoms with Crippen molar-refractivity contribution in [3.63, 3.8) is 0 Å². The van der Waals surface area contributed by atoms with E-state index in [0.29, 0.717) is 46.7 Å². The summed E-state index contributed by atoms with van der Waals surface area (Å²) in [6.45, 7) is 4.52. The second-order valence-electron chi connectivity index (χ2n) is 8.43. The smallest absolute Gasteiger partial charge is 0.255 e. The maximum atomic E-state index is 13.6. The lowest BCUT2D eigenvalue weighted by Crippen LogP contribution is -2.46. The summed E-state index contributed by atoms with van der Waals surface area (Å²) in [5.74, 6) is 0.542. The minimum absolute atomic E-state index is 0.101. The molecule has 0 bridgehead atoms. The van der Waals surface area contributed by atoms with Crippen LogP contribution in [0.1, 0.15) is 49.0 Å². The Bertz CT molecular complexity index is 1190. The van der Waals surface area contributed by atoms with Crippen LogP contribution in [0.3, 0.4) is 0 Å². The first kappa shape index (κ1) is 24.6. The third kappa shape index (κ3) is 5.28. The van der Waals surface area contributed by atoms with Crippen molar-refractivity contribution in [3.05, 3.63) is 82.9 Å². The maximum absolute atomic E-state index is 13.6. The van der Waals surface area contributed by atoms with Gasteiger partial charge in [-0.1, -0.05) is 48.4 Å². The van der Waals surface area contributed by atoms with Gasteiger partial charge in [0, 0.05) is 22.7 Å². The molecule has 2 N–H and O–H groups in total. The van der Waals surface area contributed by atoms with Gasteiger partial charge in [-0.05, 0) is 56.5 Å². The summed E-state index contributed by atoms with van der Waals surface area (Å²) in [7, 11) is 0. The lowest BCUT2D eigenvalue weighted by atomic mass is 9.64. The molecule has 1 aliphatic rings. The maximum Gasteiger partial charge on any atom is 0.255 e. The summed E-state index contributed by atoms with van der Waals surface area (Å²) < 4.78 is 11.7. The third-order valence-corrected chi connectivity index (χ3v) is 6.50. The Labute approximate surface area is 210 Å². The summed E-state index contributed by atoms with van der Waals surface area (Å²) in [4.78, 5) is 26.3. The number of nitrogens with one attached hydrogen (secondary N) is 2. The van der Waals surface area contributed by atoms with E-state index in [1.54, 1.807) is 36.4 Å². The molecule has 3 aromatic carbocycles. The van der Waals surface area contributed by atoms with Crippen LogP contribution in [0, 0.1) is 0 Å². The Morgan fingerprint density at radius 1 is 0.857 bits per heavy atom. The lowest BCUT2D eigenvalue weighted by molar-refractivity contribution is -0.124. The second-order valence-corrected chi connectivity index (χ2v) is 8.86. The van der Waals surface area contributed by atoms with Crippen LogP contribution in [0.4, 0.5) is 11.4 Å². The molecular formula is C28H29ClN2O4. The Hall–Kier alpha value is -3.51. The summed E-state index contributed by atoms with van der Waals surface area (Å²) in [6, 6.07) is 19.8. The number of ether oxygens (including phenoxy) is 2. The van der Waals surface area contributed by atoms with Crippen molar-refractivity contribution in [2.24, 2.45) is 0 Å². The molecule has 0 spiro atoms. The van der Waals surface area contributed by atoms with E-state index in [1.165, 1.54) is 0 Å². The molecule has 0 aliphatic heterocycles. The Morgan fingerprint density at radius 2 is 1.43 bits per heavy atom. The largest absolute Gasteiger partial charge is 0.492 e. The number of halogens is 1. The van der Waals surface area contributed by atoms with Crippen LogP contribution in [0.5, 0.6) is 11.5 Å².